The van der Waals surface area contributed by atoms with Crippen molar-refractivity contribution in [2.24, 2.45) is 28.6 Å². The molecule has 0 bridgehead atoms. The van der Waals surface area contributed by atoms with E-state index in [-0.39, 0.29) is 41.6 Å². The molecule has 0 radical (unpaired) electrons. The van der Waals surface area contributed by atoms with Gasteiger partial charge in [-0.25, -0.2) is 4.18 Å². The van der Waals surface area contributed by atoms with Crippen molar-refractivity contribution in [2.75, 3.05) is 0 Å². The van der Waals surface area contributed by atoms with Crippen LogP contribution in [0.4, 0.5) is 0 Å². The molecular formula is C19H28O5S. The van der Waals surface area contributed by atoms with E-state index in [9.17, 15) is 17.8 Å². The molecule has 4 rings (SSSR count). The van der Waals surface area contributed by atoms with Crippen LogP contribution in [0.15, 0.2) is 11.6 Å². The lowest BCUT2D eigenvalue weighted by Crippen LogP contribution is -2.50. The Hall–Kier alpha value is -0.720. The van der Waals surface area contributed by atoms with Crippen molar-refractivity contribution in [3.63, 3.8) is 0 Å². The summed E-state index contributed by atoms with van der Waals surface area (Å²) in [6.45, 7) is 3.65. The van der Waals surface area contributed by atoms with Crippen molar-refractivity contribution in [1.29, 1.82) is 0 Å². The largest absolute Gasteiger partial charge is 0.397 e. The predicted molar refractivity (Wildman–Crippen MR) is 93.1 cm³/mol. The van der Waals surface area contributed by atoms with E-state index < -0.39 is 46.5 Å². The van der Waals surface area contributed by atoms with Crippen LogP contribution in [-0.4, -0.2) is 24.8 Å². The fourth-order valence-corrected chi connectivity index (χ4v) is 6.04. The van der Waals surface area contributed by atoms with Crippen LogP contribution in [-0.2, 0) is 19.4 Å². The van der Waals surface area contributed by atoms with Crippen molar-refractivity contribution < 1.29 is 30.2 Å². The molecular weight excluding hydrogens is 340 g/mol. The van der Waals surface area contributed by atoms with Crippen LogP contribution in [0.1, 0.15) is 73.3 Å². The second-order valence-corrected chi connectivity index (χ2v) is 9.31. The Morgan fingerprint density at radius 2 is 2.04 bits per heavy atom. The number of allylic oxidation sites excluding steroid dienone is 1. The molecule has 25 heavy (non-hydrogen) atoms. The van der Waals surface area contributed by atoms with Gasteiger partial charge in [0.2, 0.25) is 0 Å². The summed E-state index contributed by atoms with van der Waals surface area (Å²) >= 11 is 0. The van der Waals surface area contributed by atoms with E-state index in [1.807, 2.05) is 6.92 Å². The zero-order chi connectivity index (χ0) is 23.4. The first-order valence-electron chi connectivity index (χ1n) is 11.8. The number of fused-ring (bicyclic) bond motifs is 5. The maximum atomic E-state index is 12.6. The average Bonchev–Trinajstić information content (AvgIpc) is 2.86. The van der Waals surface area contributed by atoms with E-state index in [0.717, 1.165) is 0 Å². The minimum absolute atomic E-state index is 0.0333. The summed E-state index contributed by atoms with van der Waals surface area (Å²) in [5.74, 6) is -0.0470. The van der Waals surface area contributed by atoms with Crippen LogP contribution in [0.25, 0.3) is 0 Å². The van der Waals surface area contributed by atoms with Gasteiger partial charge in [-0.3, -0.25) is 9.35 Å². The van der Waals surface area contributed by atoms with Crippen molar-refractivity contribution in [1.82, 2.24) is 0 Å². The van der Waals surface area contributed by atoms with Gasteiger partial charge >= 0.3 is 10.4 Å². The molecule has 0 aromatic rings. The van der Waals surface area contributed by atoms with Crippen molar-refractivity contribution in [2.45, 2.75) is 71.2 Å². The summed E-state index contributed by atoms with van der Waals surface area (Å²) in [6.07, 6.45) is -6.93. The predicted octanol–water partition coefficient (Wildman–Crippen LogP) is 3.71. The maximum absolute atomic E-state index is 12.6. The van der Waals surface area contributed by atoms with E-state index in [1.165, 1.54) is 0 Å². The summed E-state index contributed by atoms with van der Waals surface area (Å²) in [7, 11) is -5.34. The highest BCUT2D eigenvalue weighted by Crippen LogP contribution is 2.64. The van der Waals surface area contributed by atoms with Gasteiger partial charge in [0.05, 0.1) is 8.82 Å². The number of hydrogen-bond donors (Lipinski definition) is 1. The zero-order valence-electron chi connectivity index (χ0n) is 20.5. The topological polar surface area (TPSA) is 80.7 Å². The molecule has 0 unspecified atom stereocenters. The Balaban J connectivity index is 1.87. The van der Waals surface area contributed by atoms with Crippen LogP contribution in [0.2, 0.25) is 0 Å². The Bertz CT molecular complexity index is 980. The molecule has 0 aromatic carbocycles. The van der Waals surface area contributed by atoms with Gasteiger partial charge in [0.15, 0.2) is 0 Å². The van der Waals surface area contributed by atoms with Gasteiger partial charge in [0, 0.05) is 17.3 Å². The third-order valence-electron chi connectivity index (χ3n) is 7.09. The van der Waals surface area contributed by atoms with Gasteiger partial charge in [0.1, 0.15) is 5.78 Å². The number of carbonyl (C=O) groups excluding carboxylic acids is 1. The Labute approximate surface area is 158 Å². The third kappa shape index (κ3) is 2.72. The van der Waals surface area contributed by atoms with E-state index in [2.05, 4.69) is 4.18 Å². The maximum Gasteiger partial charge on any atom is 0.397 e. The van der Waals surface area contributed by atoms with Crippen LogP contribution in [0.3, 0.4) is 0 Å². The lowest BCUT2D eigenvalue weighted by atomic mass is 9.48. The van der Waals surface area contributed by atoms with Gasteiger partial charge in [-0.15, -0.1) is 0 Å². The quantitative estimate of drug-likeness (QED) is 0.589. The first kappa shape index (κ1) is 11.9. The Morgan fingerprint density at radius 3 is 2.76 bits per heavy atom. The summed E-state index contributed by atoms with van der Waals surface area (Å²) in [5, 5.41) is 0. The third-order valence-corrected chi connectivity index (χ3v) is 7.47. The average molecular weight is 375 g/mol. The summed E-state index contributed by atoms with van der Waals surface area (Å²) in [5.41, 5.74) is -1.74. The highest BCUT2D eigenvalue weighted by atomic mass is 32.3. The van der Waals surface area contributed by atoms with Gasteiger partial charge < -0.3 is 0 Å². The second-order valence-electron chi connectivity index (χ2n) is 8.29. The summed E-state index contributed by atoms with van der Waals surface area (Å²) in [6, 6.07) is -0.0941. The molecule has 5 nitrogen and oxygen atoms in total. The molecule has 0 aliphatic heterocycles. The van der Waals surface area contributed by atoms with Crippen molar-refractivity contribution in [3.05, 3.63) is 11.6 Å². The number of ketones is 1. The Kier molecular flexibility index (Phi) is 2.68. The highest BCUT2D eigenvalue weighted by Gasteiger charge is 2.58. The van der Waals surface area contributed by atoms with Crippen molar-refractivity contribution in [3.8, 4) is 0 Å². The fraction of sp³-hybridized carbons (Fsp3) is 0.842. The standard InChI is InChI=1S/C19H28O5S/c1-18-9-7-13(24-25(21,22)23)11-12(18)3-4-14-15-5-6-17(20)19(15,2)10-8-16(14)18/h3,13-16H,4-11H2,1-2H3,(H,21,22,23)/t13-,14-,15-,16-,18-,19-/m0/s1/i3D,7D2,11D2,13D. The van der Waals surface area contributed by atoms with Crippen LogP contribution in [0, 0.1) is 28.6 Å². The van der Waals surface area contributed by atoms with E-state index in [1.54, 1.807) is 6.92 Å². The molecule has 140 valence electrons. The molecule has 4 aliphatic carbocycles. The normalized spacial score (nSPS) is 57.7. The highest BCUT2D eigenvalue weighted by molar-refractivity contribution is 7.80. The minimum atomic E-state index is -5.34. The molecule has 0 spiro atoms. The summed E-state index contributed by atoms with van der Waals surface area (Å²) in [4.78, 5) is 12.6. The number of carbonyl (C=O) groups is 1. The Morgan fingerprint density at radius 1 is 1.32 bits per heavy atom. The fourth-order valence-electron chi connectivity index (χ4n) is 5.73. The van der Waals surface area contributed by atoms with E-state index in [0.29, 0.717) is 25.7 Å². The molecule has 3 saturated carbocycles. The van der Waals surface area contributed by atoms with Gasteiger partial charge in [-0.2, -0.15) is 8.42 Å². The molecule has 0 heterocycles. The first-order chi connectivity index (χ1) is 13.9. The van der Waals surface area contributed by atoms with Crippen molar-refractivity contribution >= 4 is 16.2 Å². The molecule has 6 heteroatoms. The lowest BCUT2D eigenvalue weighted by molar-refractivity contribution is -0.131. The molecule has 3 fully saturated rings. The minimum Gasteiger partial charge on any atom is -0.299 e. The van der Waals surface area contributed by atoms with Gasteiger partial charge in [0.25, 0.3) is 0 Å². The number of Topliss-reactive ketones (excluding diaryl/α,β-unsaturated/α-hetero) is 1. The van der Waals surface area contributed by atoms with Gasteiger partial charge in [-0.05, 0) is 68.0 Å². The SMILES string of the molecule is [2H]C1=C2C([2H])([2H])[C@@]([2H])(OS(=O)(=O)O)C([2H])([2H])C[C@]2(C)[C@H]2CC[C@]3(C)C(=O)CC[C@H]3[C@@H]2C1. The number of rotatable bonds is 2. The smallest absolute Gasteiger partial charge is 0.299 e. The summed E-state index contributed by atoms with van der Waals surface area (Å²) < 4.78 is 87.6. The zero-order valence-corrected chi connectivity index (χ0v) is 15.3. The molecule has 1 N–H and O–H groups in total. The monoisotopic (exact) mass is 374 g/mol. The van der Waals surface area contributed by atoms with E-state index in [4.69, 9.17) is 8.22 Å². The molecule has 6 atom stereocenters. The van der Waals surface area contributed by atoms with Crippen LogP contribution >= 0.6 is 0 Å². The second kappa shape index (κ2) is 5.64. The molecule has 4 aliphatic rings. The van der Waals surface area contributed by atoms with Crippen LogP contribution in [0.5, 0.6) is 0 Å². The van der Waals surface area contributed by atoms with Gasteiger partial charge in [-0.1, -0.05) is 25.5 Å². The van der Waals surface area contributed by atoms with E-state index >= 15 is 0 Å². The molecule has 0 amide bonds. The molecule has 0 aromatic heterocycles. The lowest BCUT2D eigenvalue weighted by Gasteiger charge is -2.56. The first-order valence-corrected chi connectivity index (χ1v) is 10.2. The number of hydrogen-bond acceptors (Lipinski definition) is 4. The van der Waals surface area contributed by atoms with Crippen LogP contribution < -0.4 is 0 Å². The molecule has 0 saturated heterocycles.